The molecular weight excluding hydrogens is 322 g/mol. The zero-order valence-corrected chi connectivity index (χ0v) is 14.1. The third-order valence-electron chi connectivity index (χ3n) is 4.04. The van der Waals surface area contributed by atoms with Gasteiger partial charge in [-0.3, -0.25) is 9.78 Å². The summed E-state index contributed by atoms with van der Waals surface area (Å²) in [4.78, 5) is 29.4. The molecule has 0 aromatic carbocycles. The second-order valence-corrected chi connectivity index (χ2v) is 5.84. The highest BCUT2D eigenvalue weighted by Gasteiger charge is 2.32. The predicted octanol–water partition coefficient (Wildman–Crippen LogP) is 0.232. The second-order valence-electron chi connectivity index (χ2n) is 5.84. The molecule has 0 saturated carbocycles. The van der Waals surface area contributed by atoms with Gasteiger partial charge < -0.3 is 15.5 Å². The van der Waals surface area contributed by atoms with Gasteiger partial charge in [0.25, 0.3) is 5.91 Å². The summed E-state index contributed by atoms with van der Waals surface area (Å²) in [6, 6.07) is 3.82. The van der Waals surface area contributed by atoms with Crippen LogP contribution in [-0.4, -0.2) is 63.0 Å². The molecule has 3 amide bonds. The van der Waals surface area contributed by atoms with Crippen molar-refractivity contribution in [2.45, 2.75) is 19.4 Å². The Kier molecular flexibility index (Phi) is 5.22. The molecule has 132 valence electrons. The molecular formula is C16H21N7O2. The lowest BCUT2D eigenvalue weighted by molar-refractivity contribution is 0.0948. The van der Waals surface area contributed by atoms with Gasteiger partial charge in [0.1, 0.15) is 0 Å². The molecule has 1 saturated heterocycles. The van der Waals surface area contributed by atoms with Crippen LogP contribution < -0.4 is 10.6 Å². The largest absolute Gasteiger partial charge is 0.350 e. The summed E-state index contributed by atoms with van der Waals surface area (Å²) >= 11 is 0. The van der Waals surface area contributed by atoms with Gasteiger partial charge in [0.15, 0.2) is 5.69 Å². The Morgan fingerprint density at radius 3 is 2.72 bits per heavy atom. The topological polar surface area (TPSA) is 105 Å². The minimum Gasteiger partial charge on any atom is -0.350 e. The van der Waals surface area contributed by atoms with E-state index in [4.69, 9.17) is 0 Å². The Bertz CT molecular complexity index is 725. The zero-order chi connectivity index (χ0) is 17.6. The summed E-state index contributed by atoms with van der Waals surface area (Å²) in [6.07, 6.45) is 5.81. The van der Waals surface area contributed by atoms with E-state index in [2.05, 4.69) is 25.9 Å². The van der Waals surface area contributed by atoms with Crippen LogP contribution in [0.1, 0.15) is 29.0 Å². The van der Waals surface area contributed by atoms with E-state index in [1.54, 1.807) is 28.2 Å². The lowest BCUT2D eigenvalue weighted by atomic mass is 10.1. The molecule has 2 aromatic rings. The summed E-state index contributed by atoms with van der Waals surface area (Å²) in [5.41, 5.74) is 1.39. The van der Waals surface area contributed by atoms with Gasteiger partial charge in [0.2, 0.25) is 0 Å². The minimum atomic E-state index is -0.250. The number of amides is 3. The number of nitrogens with zero attached hydrogens (tertiary/aromatic N) is 5. The van der Waals surface area contributed by atoms with E-state index in [1.807, 2.05) is 19.1 Å². The normalized spacial score (nSPS) is 14.0. The number of urea groups is 1. The van der Waals surface area contributed by atoms with Crippen molar-refractivity contribution in [3.05, 3.63) is 42.0 Å². The highest BCUT2D eigenvalue weighted by molar-refractivity contribution is 5.91. The summed E-state index contributed by atoms with van der Waals surface area (Å²) in [7, 11) is 0. The second kappa shape index (κ2) is 7.73. The zero-order valence-electron chi connectivity index (χ0n) is 14.1. The molecule has 1 aliphatic rings. The van der Waals surface area contributed by atoms with Crippen LogP contribution in [0, 0.1) is 0 Å². The van der Waals surface area contributed by atoms with Crippen molar-refractivity contribution in [2.75, 3.05) is 26.2 Å². The highest BCUT2D eigenvalue weighted by atomic mass is 16.2. The highest BCUT2D eigenvalue weighted by Crippen LogP contribution is 2.20. The lowest BCUT2D eigenvalue weighted by Crippen LogP contribution is -2.54. The first-order valence-electron chi connectivity index (χ1n) is 8.29. The third-order valence-corrected chi connectivity index (χ3v) is 4.04. The first-order valence-corrected chi connectivity index (χ1v) is 8.29. The molecule has 3 rings (SSSR count). The van der Waals surface area contributed by atoms with Gasteiger partial charge in [0.05, 0.1) is 12.2 Å². The van der Waals surface area contributed by atoms with Crippen LogP contribution in [0.2, 0.25) is 0 Å². The van der Waals surface area contributed by atoms with E-state index in [0.29, 0.717) is 26.2 Å². The number of aromatic nitrogens is 4. The maximum atomic E-state index is 12.1. The van der Waals surface area contributed by atoms with Crippen molar-refractivity contribution < 1.29 is 9.59 Å². The summed E-state index contributed by atoms with van der Waals surface area (Å²) in [5, 5.41) is 13.5. The standard InChI is InChI=1S/C16H21N7O2/c1-2-18-16(25)22-9-13(10-22)23-11-14(20-21-23)15(24)19-8-5-12-3-6-17-7-4-12/h3-4,6-7,11,13H,2,5,8-10H2,1H3,(H,18,25)(H,19,24). The molecule has 1 aliphatic heterocycles. The van der Waals surface area contributed by atoms with Crippen LogP contribution in [0.15, 0.2) is 30.7 Å². The SMILES string of the molecule is CCNC(=O)N1CC(n2cc(C(=O)NCCc3ccncc3)nn2)C1. The molecule has 0 spiro atoms. The third kappa shape index (κ3) is 4.11. The van der Waals surface area contributed by atoms with Gasteiger partial charge >= 0.3 is 6.03 Å². The van der Waals surface area contributed by atoms with Gasteiger partial charge in [-0.2, -0.15) is 0 Å². The van der Waals surface area contributed by atoms with Gasteiger partial charge in [-0.25, -0.2) is 9.48 Å². The number of hydrogen-bond acceptors (Lipinski definition) is 5. The van der Waals surface area contributed by atoms with Crippen molar-refractivity contribution in [3.63, 3.8) is 0 Å². The molecule has 0 atom stereocenters. The van der Waals surface area contributed by atoms with E-state index >= 15 is 0 Å². The number of rotatable bonds is 6. The van der Waals surface area contributed by atoms with Crippen LogP contribution in [0.3, 0.4) is 0 Å². The number of carbonyl (C=O) groups is 2. The number of carbonyl (C=O) groups excluding carboxylic acids is 2. The quantitative estimate of drug-likeness (QED) is 0.781. The number of likely N-dealkylation sites (tertiary alicyclic amines) is 1. The monoisotopic (exact) mass is 343 g/mol. The molecule has 2 N–H and O–H groups in total. The van der Waals surface area contributed by atoms with E-state index in [1.165, 1.54) is 0 Å². The van der Waals surface area contributed by atoms with E-state index < -0.39 is 0 Å². The molecule has 1 fully saturated rings. The van der Waals surface area contributed by atoms with E-state index in [-0.39, 0.29) is 23.7 Å². The number of hydrogen-bond donors (Lipinski definition) is 2. The average Bonchev–Trinajstić information content (AvgIpc) is 3.04. The smallest absolute Gasteiger partial charge is 0.317 e. The fourth-order valence-corrected chi connectivity index (χ4v) is 2.57. The van der Waals surface area contributed by atoms with Crippen molar-refractivity contribution in [1.29, 1.82) is 0 Å². The van der Waals surface area contributed by atoms with Crippen molar-refractivity contribution >= 4 is 11.9 Å². The molecule has 0 unspecified atom stereocenters. The number of nitrogens with one attached hydrogen (secondary N) is 2. The van der Waals surface area contributed by atoms with Crippen LogP contribution in [-0.2, 0) is 6.42 Å². The first kappa shape index (κ1) is 16.9. The van der Waals surface area contributed by atoms with Crippen molar-refractivity contribution in [2.24, 2.45) is 0 Å². The molecule has 3 heterocycles. The molecule has 9 nitrogen and oxygen atoms in total. The fraction of sp³-hybridized carbons (Fsp3) is 0.438. The van der Waals surface area contributed by atoms with Crippen LogP contribution >= 0.6 is 0 Å². The van der Waals surface area contributed by atoms with Gasteiger partial charge in [-0.15, -0.1) is 5.10 Å². The Hall–Kier alpha value is -2.97. The van der Waals surface area contributed by atoms with Crippen LogP contribution in [0.5, 0.6) is 0 Å². The summed E-state index contributed by atoms with van der Waals surface area (Å²) < 4.78 is 1.65. The Morgan fingerprint density at radius 1 is 1.24 bits per heavy atom. The van der Waals surface area contributed by atoms with Crippen molar-refractivity contribution in [1.82, 2.24) is 35.5 Å². The summed E-state index contributed by atoms with van der Waals surface area (Å²) in [5.74, 6) is -0.250. The lowest BCUT2D eigenvalue weighted by Gasteiger charge is -2.38. The van der Waals surface area contributed by atoms with Gasteiger partial charge in [-0.05, 0) is 31.0 Å². The van der Waals surface area contributed by atoms with E-state index in [0.717, 1.165) is 12.0 Å². The molecule has 0 bridgehead atoms. The molecule has 9 heteroatoms. The average molecular weight is 343 g/mol. The van der Waals surface area contributed by atoms with Crippen LogP contribution in [0.4, 0.5) is 4.79 Å². The number of pyridine rings is 1. The Morgan fingerprint density at radius 2 is 2.00 bits per heavy atom. The summed E-state index contributed by atoms with van der Waals surface area (Å²) in [6.45, 7) is 4.14. The minimum absolute atomic E-state index is 0.0634. The molecule has 2 aromatic heterocycles. The van der Waals surface area contributed by atoms with Crippen LogP contribution in [0.25, 0.3) is 0 Å². The first-order chi connectivity index (χ1) is 12.2. The molecule has 25 heavy (non-hydrogen) atoms. The Labute approximate surface area is 145 Å². The maximum absolute atomic E-state index is 12.1. The fourth-order valence-electron chi connectivity index (χ4n) is 2.57. The molecule has 0 aliphatic carbocycles. The van der Waals surface area contributed by atoms with Crippen molar-refractivity contribution in [3.8, 4) is 0 Å². The molecule has 0 radical (unpaired) electrons. The Balaban J connectivity index is 1.45. The van der Waals surface area contributed by atoms with Gasteiger partial charge in [-0.1, -0.05) is 5.21 Å². The van der Waals surface area contributed by atoms with Gasteiger partial charge in [0, 0.05) is 38.6 Å². The predicted molar refractivity (Wildman–Crippen MR) is 90.0 cm³/mol. The van der Waals surface area contributed by atoms with E-state index in [9.17, 15) is 9.59 Å². The maximum Gasteiger partial charge on any atom is 0.317 e.